The molecule has 6 fully saturated rings. The number of imide groups is 2. The Bertz CT molecular complexity index is 2290. The maximum atomic E-state index is 13.3. The summed E-state index contributed by atoms with van der Waals surface area (Å²) in [5.74, 6) is -1.80. The third-order valence-corrected chi connectivity index (χ3v) is 13.3. The Balaban J connectivity index is 0.725. The first-order valence-electron chi connectivity index (χ1n) is 21.1. The number of fused-ring (bicyclic) bond motifs is 1. The first-order chi connectivity index (χ1) is 29.6. The minimum absolute atomic E-state index is 0.0522. The average Bonchev–Trinajstić information content (AvgIpc) is 3.72. The second-order valence-corrected chi connectivity index (χ2v) is 16.8. The van der Waals surface area contributed by atoms with Crippen molar-refractivity contribution in [3.05, 3.63) is 65.5 Å². The lowest BCUT2D eigenvalue weighted by molar-refractivity contribution is -0.136. The molecule has 1 aromatic heterocycles. The number of amides is 7. The van der Waals surface area contributed by atoms with Crippen molar-refractivity contribution < 1.29 is 33.5 Å². The Hall–Kier alpha value is -6.34. The second kappa shape index (κ2) is 15.6. The number of aromatic nitrogens is 2. The van der Waals surface area contributed by atoms with E-state index in [2.05, 4.69) is 35.2 Å². The fraction of sp³-hybridized carbons (Fsp3) is 0.476. The number of carbonyl (C=O) groups is 6. The number of nitrogens with zero attached hydrogens (tertiary/aromatic N) is 9. The van der Waals surface area contributed by atoms with Gasteiger partial charge in [-0.05, 0) is 61.7 Å². The number of hydrogen-bond donors (Lipinski definition) is 3. The minimum atomic E-state index is -0.987. The van der Waals surface area contributed by atoms with E-state index in [0.717, 1.165) is 80.6 Å². The highest BCUT2D eigenvalue weighted by molar-refractivity contribution is 6.23. The van der Waals surface area contributed by atoms with Gasteiger partial charge in [-0.3, -0.25) is 39.1 Å². The summed E-state index contributed by atoms with van der Waals surface area (Å²) < 4.78 is 5.32. The first-order valence-corrected chi connectivity index (χ1v) is 21.1. The van der Waals surface area contributed by atoms with Gasteiger partial charge in [-0.2, -0.15) is 0 Å². The molecule has 8 heterocycles. The van der Waals surface area contributed by atoms with E-state index in [1.807, 2.05) is 40.1 Å². The molecule has 3 aromatic rings. The molecular weight excluding hydrogens is 785 g/mol. The smallest absolute Gasteiger partial charge is 0.320 e. The van der Waals surface area contributed by atoms with E-state index < -0.39 is 35.6 Å². The van der Waals surface area contributed by atoms with Crippen LogP contribution in [0.2, 0.25) is 0 Å². The summed E-state index contributed by atoms with van der Waals surface area (Å²) in [7, 11) is 0. The van der Waals surface area contributed by atoms with Gasteiger partial charge in [0.05, 0.1) is 42.6 Å². The van der Waals surface area contributed by atoms with Crippen LogP contribution in [0.3, 0.4) is 0 Å². The van der Waals surface area contributed by atoms with E-state index in [-0.39, 0.29) is 53.6 Å². The summed E-state index contributed by atoms with van der Waals surface area (Å²) in [5.41, 5.74) is 9.03. The molecule has 4 N–H and O–H groups in total. The van der Waals surface area contributed by atoms with E-state index in [9.17, 15) is 28.8 Å². The SMILES string of the molecule is NC(=O)c1ncc(N2CCCC(N3CCN(C4COC4)C3=O)C2)nc1Nc1ccc(N2CCN(C3CN(c4ccc5c(c4)C(=O)N(C4CCC(=O)NC4=O)C5=O)C3)CC2)cc1. The Morgan fingerprint density at radius 3 is 2.16 bits per heavy atom. The van der Waals surface area contributed by atoms with Gasteiger partial charge in [0.2, 0.25) is 11.8 Å². The number of piperazine rings is 1. The largest absolute Gasteiger partial charge is 0.377 e. The zero-order valence-electron chi connectivity index (χ0n) is 33.7. The van der Waals surface area contributed by atoms with Crippen molar-refractivity contribution in [3.63, 3.8) is 0 Å². The highest BCUT2D eigenvalue weighted by atomic mass is 16.5. The number of nitrogens with two attached hydrogens (primary N) is 1. The fourth-order valence-corrected chi connectivity index (χ4v) is 9.66. The van der Waals surface area contributed by atoms with Crippen LogP contribution in [0.1, 0.15) is 56.9 Å². The lowest BCUT2D eigenvalue weighted by Crippen LogP contribution is -2.63. The molecule has 7 aliphatic heterocycles. The lowest BCUT2D eigenvalue weighted by atomic mass is 10.0. The zero-order chi connectivity index (χ0) is 41.9. The Labute approximate surface area is 351 Å². The van der Waals surface area contributed by atoms with Crippen molar-refractivity contribution in [3.8, 4) is 0 Å². The summed E-state index contributed by atoms with van der Waals surface area (Å²) in [5, 5.41) is 5.52. The molecule has 0 radical (unpaired) electrons. The number of anilines is 5. The van der Waals surface area contributed by atoms with E-state index >= 15 is 0 Å². The van der Waals surface area contributed by atoms with Gasteiger partial charge in [0.15, 0.2) is 11.5 Å². The predicted molar refractivity (Wildman–Crippen MR) is 222 cm³/mol. The number of benzene rings is 2. The quantitative estimate of drug-likeness (QED) is 0.242. The molecule has 7 aliphatic rings. The van der Waals surface area contributed by atoms with Gasteiger partial charge in [0.1, 0.15) is 11.9 Å². The molecule has 0 saturated carbocycles. The minimum Gasteiger partial charge on any atom is -0.377 e. The molecule has 0 bridgehead atoms. The molecule has 2 atom stereocenters. The molecule has 19 heteroatoms. The maximum absolute atomic E-state index is 13.3. The van der Waals surface area contributed by atoms with E-state index in [1.165, 1.54) is 0 Å². The standard InChI is InChI=1S/C42H48N12O7/c43-37(56)36-38(46-34(19-44-36)50-11-1-2-28(20-50)52-16-17-53(42(52)60)30-23-61-24-30)45-25-3-5-26(6-4-25)48-12-14-49(15-13-48)29-21-51(22-29)27-7-8-31-32(18-27)41(59)54(40(31)58)33-9-10-35(55)47-39(33)57/h3-8,18-19,28-30,33H,1-2,9-17,20-24H2,(H2,43,56)(H,45,46)(H,47,55,57). The van der Waals surface area contributed by atoms with Crippen LogP contribution < -0.4 is 31.1 Å². The van der Waals surface area contributed by atoms with Crippen molar-refractivity contribution in [2.75, 3.05) is 98.7 Å². The predicted octanol–water partition coefficient (Wildman–Crippen LogP) is 0.836. The van der Waals surface area contributed by atoms with Crippen LogP contribution >= 0.6 is 0 Å². The number of primary amides is 1. The lowest BCUT2D eigenvalue weighted by Gasteiger charge is -2.49. The van der Waals surface area contributed by atoms with E-state index in [1.54, 1.807) is 18.3 Å². The van der Waals surface area contributed by atoms with Gasteiger partial charge in [0, 0.05) is 95.0 Å². The Morgan fingerprint density at radius 1 is 0.754 bits per heavy atom. The highest BCUT2D eigenvalue weighted by Crippen LogP contribution is 2.34. The molecule has 61 heavy (non-hydrogen) atoms. The van der Waals surface area contributed by atoms with Crippen molar-refractivity contribution >= 4 is 64.3 Å². The molecule has 0 spiro atoms. The van der Waals surface area contributed by atoms with E-state index in [4.69, 9.17) is 15.5 Å². The number of ether oxygens (including phenoxy) is 1. The van der Waals surface area contributed by atoms with E-state index in [0.29, 0.717) is 44.7 Å². The van der Waals surface area contributed by atoms with Gasteiger partial charge >= 0.3 is 6.03 Å². The highest BCUT2D eigenvalue weighted by Gasteiger charge is 2.46. The monoisotopic (exact) mass is 832 g/mol. The summed E-state index contributed by atoms with van der Waals surface area (Å²) in [4.78, 5) is 99.5. The molecule has 2 aromatic carbocycles. The number of piperidine rings is 2. The zero-order valence-corrected chi connectivity index (χ0v) is 33.7. The molecule has 19 nitrogen and oxygen atoms in total. The Morgan fingerprint density at radius 2 is 1.46 bits per heavy atom. The number of rotatable bonds is 10. The number of nitrogens with one attached hydrogen (secondary N) is 2. The molecular formula is C42H48N12O7. The topological polar surface area (TPSA) is 210 Å². The first kappa shape index (κ1) is 38.8. The second-order valence-electron chi connectivity index (χ2n) is 16.8. The molecule has 0 aliphatic carbocycles. The molecule has 318 valence electrons. The summed E-state index contributed by atoms with van der Waals surface area (Å²) in [6.45, 7) is 9.06. The normalized spacial score (nSPS) is 24.0. The van der Waals surface area contributed by atoms with Crippen LogP contribution in [0, 0.1) is 0 Å². The van der Waals surface area contributed by atoms with Gasteiger partial charge < -0.3 is 40.3 Å². The van der Waals surface area contributed by atoms with Crippen molar-refractivity contribution in [1.29, 1.82) is 0 Å². The van der Waals surface area contributed by atoms with Gasteiger partial charge in [0.25, 0.3) is 17.7 Å². The number of urea groups is 1. The maximum Gasteiger partial charge on any atom is 0.320 e. The molecule has 10 rings (SSSR count). The van der Waals surface area contributed by atoms with Crippen LogP contribution in [0.15, 0.2) is 48.7 Å². The van der Waals surface area contributed by atoms with Crippen LogP contribution in [-0.4, -0.2) is 168 Å². The van der Waals surface area contributed by atoms with Gasteiger partial charge in [-0.1, -0.05) is 0 Å². The molecule has 6 saturated heterocycles. The van der Waals surface area contributed by atoms with Crippen LogP contribution in [0.4, 0.5) is 33.5 Å². The van der Waals surface area contributed by atoms with Crippen LogP contribution in [-0.2, 0) is 14.3 Å². The number of carbonyl (C=O) groups excluding carboxylic acids is 6. The van der Waals surface area contributed by atoms with Crippen molar-refractivity contribution in [1.82, 2.24) is 34.9 Å². The fourth-order valence-electron chi connectivity index (χ4n) is 9.66. The third-order valence-electron chi connectivity index (χ3n) is 13.3. The number of hydrogen-bond acceptors (Lipinski definition) is 14. The van der Waals surface area contributed by atoms with Crippen LogP contribution in [0.5, 0.6) is 0 Å². The molecule has 2 unspecified atom stereocenters. The summed E-state index contributed by atoms with van der Waals surface area (Å²) in [6, 6.07) is 12.9. The summed E-state index contributed by atoms with van der Waals surface area (Å²) in [6.07, 6.45) is 3.60. The van der Waals surface area contributed by atoms with Gasteiger partial charge in [-0.15, -0.1) is 0 Å². The van der Waals surface area contributed by atoms with Crippen LogP contribution in [0.25, 0.3) is 0 Å². The third kappa shape index (κ3) is 7.14. The molecule has 7 amide bonds. The van der Waals surface area contributed by atoms with Gasteiger partial charge in [-0.25, -0.2) is 14.8 Å². The summed E-state index contributed by atoms with van der Waals surface area (Å²) >= 11 is 0. The van der Waals surface area contributed by atoms with Crippen molar-refractivity contribution in [2.24, 2.45) is 5.73 Å². The Kier molecular flexibility index (Phi) is 9.93. The average molecular weight is 833 g/mol. The van der Waals surface area contributed by atoms with Crippen molar-refractivity contribution in [2.45, 2.75) is 49.9 Å².